The number of hydrogen-bond donors (Lipinski definition) is 1. The standard InChI is InChI=1S/C15H24N2O3S/c1-4-11-17(13(3)18)12-10-16-21(19,20)15-8-6-14(5-2)7-9-15/h6-9,16H,4-5,10-12H2,1-3H3. The van der Waals surface area contributed by atoms with E-state index >= 15 is 0 Å². The molecule has 0 aliphatic rings. The van der Waals surface area contributed by atoms with Gasteiger partial charge in [-0.05, 0) is 30.5 Å². The molecule has 21 heavy (non-hydrogen) atoms. The molecule has 0 spiro atoms. The molecule has 118 valence electrons. The normalized spacial score (nSPS) is 11.4. The van der Waals surface area contributed by atoms with Crippen LogP contribution in [0, 0.1) is 0 Å². The third-order valence-corrected chi connectivity index (χ3v) is 4.73. The fraction of sp³-hybridized carbons (Fsp3) is 0.533. The highest BCUT2D eigenvalue weighted by Crippen LogP contribution is 2.10. The summed E-state index contributed by atoms with van der Waals surface area (Å²) in [6.07, 6.45) is 1.73. The fourth-order valence-electron chi connectivity index (χ4n) is 2.00. The molecule has 6 heteroatoms. The maximum atomic E-state index is 12.1. The summed E-state index contributed by atoms with van der Waals surface area (Å²) < 4.78 is 26.8. The third-order valence-electron chi connectivity index (χ3n) is 3.25. The molecule has 0 atom stereocenters. The summed E-state index contributed by atoms with van der Waals surface area (Å²) in [5.74, 6) is -0.0386. The number of benzene rings is 1. The van der Waals surface area contributed by atoms with Crippen LogP contribution in [0.2, 0.25) is 0 Å². The number of carbonyl (C=O) groups excluding carboxylic acids is 1. The summed E-state index contributed by atoms with van der Waals surface area (Å²) in [5.41, 5.74) is 1.10. The maximum absolute atomic E-state index is 12.1. The summed E-state index contributed by atoms with van der Waals surface area (Å²) in [6.45, 7) is 6.74. The molecule has 5 nitrogen and oxygen atoms in total. The van der Waals surface area contributed by atoms with Gasteiger partial charge in [-0.3, -0.25) is 4.79 Å². The molecule has 0 bridgehead atoms. The highest BCUT2D eigenvalue weighted by Gasteiger charge is 2.14. The highest BCUT2D eigenvalue weighted by atomic mass is 32.2. The molecular formula is C15H24N2O3S. The molecule has 1 N–H and O–H groups in total. The van der Waals surface area contributed by atoms with E-state index in [-0.39, 0.29) is 17.3 Å². The van der Waals surface area contributed by atoms with Gasteiger partial charge in [0.15, 0.2) is 0 Å². The molecule has 0 aliphatic carbocycles. The second-order valence-electron chi connectivity index (χ2n) is 4.90. The van der Waals surface area contributed by atoms with E-state index in [1.807, 2.05) is 26.0 Å². The van der Waals surface area contributed by atoms with Gasteiger partial charge in [-0.25, -0.2) is 13.1 Å². The predicted octanol–water partition coefficient (Wildman–Crippen LogP) is 1.79. The van der Waals surface area contributed by atoms with Crippen molar-refractivity contribution in [1.82, 2.24) is 9.62 Å². The van der Waals surface area contributed by atoms with Crippen molar-refractivity contribution in [3.63, 3.8) is 0 Å². The van der Waals surface area contributed by atoms with Gasteiger partial charge >= 0.3 is 0 Å². The summed E-state index contributed by atoms with van der Waals surface area (Å²) in [6, 6.07) is 6.84. The van der Waals surface area contributed by atoms with Gasteiger partial charge in [0, 0.05) is 26.6 Å². The summed E-state index contributed by atoms with van der Waals surface area (Å²) >= 11 is 0. The SMILES string of the molecule is CCCN(CCNS(=O)(=O)c1ccc(CC)cc1)C(C)=O. The summed E-state index contributed by atoms with van der Waals surface area (Å²) in [4.78, 5) is 13.3. The first-order valence-electron chi connectivity index (χ1n) is 7.24. The number of sulfonamides is 1. The lowest BCUT2D eigenvalue weighted by Gasteiger charge is -2.20. The third kappa shape index (κ3) is 5.47. The van der Waals surface area contributed by atoms with E-state index in [0.717, 1.165) is 18.4 Å². The van der Waals surface area contributed by atoms with Crippen LogP contribution in [0.5, 0.6) is 0 Å². The molecule has 1 amide bonds. The molecule has 1 rings (SSSR count). The summed E-state index contributed by atoms with van der Waals surface area (Å²) in [5, 5.41) is 0. The number of carbonyl (C=O) groups is 1. The Balaban J connectivity index is 2.61. The molecule has 0 aromatic heterocycles. The minimum absolute atomic E-state index is 0.0386. The largest absolute Gasteiger partial charge is 0.342 e. The Kier molecular flexibility index (Phi) is 6.84. The first-order valence-corrected chi connectivity index (χ1v) is 8.73. The smallest absolute Gasteiger partial charge is 0.240 e. The minimum Gasteiger partial charge on any atom is -0.342 e. The van der Waals surface area contributed by atoms with E-state index in [0.29, 0.717) is 13.1 Å². The molecule has 0 saturated carbocycles. The van der Waals surface area contributed by atoms with Crippen molar-refractivity contribution in [3.8, 4) is 0 Å². The Labute approximate surface area is 127 Å². The fourth-order valence-corrected chi connectivity index (χ4v) is 3.02. The second-order valence-corrected chi connectivity index (χ2v) is 6.67. The zero-order chi connectivity index (χ0) is 15.9. The molecular weight excluding hydrogens is 288 g/mol. The molecule has 0 fully saturated rings. The predicted molar refractivity (Wildman–Crippen MR) is 83.6 cm³/mol. The molecule has 0 saturated heterocycles. The van der Waals surface area contributed by atoms with E-state index in [1.165, 1.54) is 6.92 Å². The zero-order valence-corrected chi connectivity index (χ0v) is 13.7. The van der Waals surface area contributed by atoms with Crippen LogP contribution in [0.25, 0.3) is 0 Å². The van der Waals surface area contributed by atoms with Crippen LogP contribution < -0.4 is 4.72 Å². The van der Waals surface area contributed by atoms with E-state index in [4.69, 9.17) is 0 Å². The van der Waals surface area contributed by atoms with Crippen molar-refractivity contribution in [1.29, 1.82) is 0 Å². The Morgan fingerprint density at radius 3 is 2.24 bits per heavy atom. The number of nitrogens with zero attached hydrogens (tertiary/aromatic N) is 1. The van der Waals surface area contributed by atoms with Gasteiger partial charge in [0.2, 0.25) is 15.9 Å². The van der Waals surface area contributed by atoms with Crippen molar-refractivity contribution in [2.24, 2.45) is 0 Å². The maximum Gasteiger partial charge on any atom is 0.240 e. The van der Waals surface area contributed by atoms with E-state index < -0.39 is 10.0 Å². The van der Waals surface area contributed by atoms with Crippen molar-refractivity contribution < 1.29 is 13.2 Å². The molecule has 0 aliphatic heterocycles. The number of amides is 1. The lowest BCUT2D eigenvalue weighted by Crippen LogP contribution is -2.37. The van der Waals surface area contributed by atoms with Crippen LogP contribution in [0.1, 0.15) is 32.8 Å². The van der Waals surface area contributed by atoms with Gasteiger partial charge in [0.1, 0.15) is 0 Å². The Morgan fingerprint density at radius 2 is 1.76 bits per heavy atom. The van der Waals surface area contributed by atoms with Crippen LogP contribution in [0.15, 0.2) is 29.2 Å². The Bertz CT molecular complexity index is 553. The molecule has 0 unspecified atom stereocenters. The number of aryl methyl sites for hydroxylation is 1. The van der Waals surface area contributed by atoms with E-state index in [2.05, 4.69) is 4.72 Å². The first-order chi connectivity index (χ1) is 9.90. The monoisotopic (exact) mass is 312 g/mol. The average Bonchev–Trinajstić information content (AvgIpc) is 2.46. The van der Waals surface area contributed by atoms with Crippen LogP contribution in [-0.4, -0.2) is 38.9 Å². The van der Waals surface area contributed by atoms with Gasteiger partial charge < -0.3 is 4.90 Å². The lowest BCUT2D eigenvalue weighted by molar-refractivity contribution is -0.128. The molecule has 0 radical (unpaired) electrons. The minimum atomic E-state index is -3.51. The Hall–Kier alpha value is -1.40. The Morgan fingerprint density at radius 1 is 1.14 bits per heavy atom. The van der Waals surface area contributed by atoms with Gasteiger partial charge in [-0.1, -0.05) is 26.0 Å². The first kappa shape index (κ1) is 17.7. The lowest BCUT2D eigenvalue weighted by atomic mass is 10.2. The average molecular weight is 312 g/mol. The van der Waals surface area contributed by atoms with Crippen LogP contribution in [0.4, 0.5) is 0 Å². The van der Waals surface area contributed by atoms with Crippen molar-refractivity contribution in [3.05, 3.63) is 29.8 Å². The van der Waals surface area contributed by atoms with Crippen LogP contribution in [-0.2, 0) is 21.2 Å². The van der Waals surface area contributed by atoms with Crippen LogP contribution >= 0.6 is 0 Å². The van der Waals surface area contributed by atoms with Crippen molar-refractivity contribution >= 4 is 15.9 Å². The van der Waals surface area contributed by atoms with Gasteiger partial charge in [0.25, 0.3) is 0 Å². The van der Waals surface area contributed by atoms with E-state index in [9.17, 15) is 13.2 Å². The summed E-state index contributed by atoms with van der Waals surface area (Å²) in [7, 11) is -3.51. The molecule has 1 aromatic rings. The van der Waals surface area contributed by atoms with E-state index in [1.54, 1.807) is 17.0 Å². The number of nitrogens with one attached hydrogen (secondary N) is 1. The van der Waals surface area contributed by atoms with Gasteiger partial charge in [0.05, 0.1) is 4.90 Å². The van der Waals surface area contributed by atoms with Crippen LogP contribution in [0.3, 0.4) is 0 Å². The van der Waals surface area contributed by atoms with Crippen molar-refractivity contribution in [2.75, 3.05) is 19.6 Å². The van der Waals surface area contributed by atoms with Gasteiger partial charge in [-0.15, -0.1) is 0 Å². The second kappa shape index (κ2) is 8.14. The van der Waals surface area contributed by atoms with Crippen molar-refractivity contribution in [2.45, 2.75) is 38.5 Å². The molecule has 0 heterocycles. The van der Waals surface area contributed by atoms with Gasteiger partial charge in [-0.2, -0.15) is 0 Å². The number of rotatable bonds is 8. The topological polar surface area (TPSA) is 66.5 Å². The highest BCUT2D eigenvalue weighted by molar-refractivity contribution is 7.89. The quantitative estimate of drug-likeness (QED) is 0.796. The molecule has 1 aromatic carbocycles. The zero-order valence-electron chi connectivity index (χ0n) is 12.9. The number of hydrogen-bond acceptors (Lipinski definition) is 3.